The zero-order valence-corrected chi connectivity index (χ0v) is 14.1. The van der Waals surface area contributed by atoms with E-state index in [0.717, 1.165) is 25.1 Å². The SMILES string of the molecule is Cc1csc(=O)n1CCC(=O)O[C@@H]1[C@H]2CCCO[C@H]2C1(C)C. The van der Waals surface area contributed by atoms with Gasteiger partial charge in [-0.2, -0.15) is 0 Å². The summed E-state index contributed by atoms with van der Waals surface area (Å²) in [7, 11) is 0. The maximum atomic E-state index is 12.2. The molecule has 3 atom stereocenters. The van der Waals surface area contributed by atoms with E-state index in [4.69, 9.17) is 9.47 Å². The van der Waals surface area contributed by atoms with Crippen LogP contribution in [0.5, 0.6) is 0 Å². The highest BCUT2D eigenvalue weighted by Gasteiger charge is 2.60. The number of aromatic nitrogens is 1. The van der Waals surface area contributed by atoms with Gasteiger partial charge in [-0.3, -0.25) is 9.59 Å². The molecule has 0 spiro atoms. The zero-order valence-electron chi connectivity index (χ0n) is 13.3. The number of aryl methyl sites for hydroxylation is 1. The Labute approximate surface area is 134 Å². The highest BCUT2D eigenvalue weighted by molar-refractivity contribution is 7.07. The molecule has 0 bridgehead atoms. The topological polar surface area (TPSA) is 57.5 Å². The van der Waals surface area contributed by atoms with Crippen molar-refractivity contribution in [2.45, 2.75) is 58.8 Å². The van der Waals surface area contributed by atoms with Crippen LogP contribution in [0.15, 0.2) is 10.2 Å². The van der Waals surface area contributed by atoms with Gasteiger partial charge in [-0.15, -0.1) is 0 Å². The number of carbonyl (C=O) groups excluding carboxylic acids is 1. The van der Waals surface area contributed by atoms with Gasteiger partial charge in [-0.05, 0) is 19.8 Å². The van der Waals surface area contributed by atoms with Crippen LogP contribution in [0.1, 0.15) is 38.8 Å². The molecule has 1 aromatic heterocycles. The number of fused-ring (bicyclic) bond motifs is 1. The van der Waals surface area contributed by atoms with Crippen molar-refractivity contribution < 1.29 is 14.3 Å². The van der Waals surface area contributed by atoms with Gasteiger partial charge in [0.25, 0.3) is 0 Å². The molecule has 1 aliphatic heterocycles. The Bertz CT molecular complexity index is 618. The largest absolute Gasteiger partial charge is 0.461 e. The third-order valence-corrected chi connectivity index (χ3v) is 5.88. The fourth-order valence-electron chi connectivity index (χ4n) is 3.79. The standard InChI is InChI=1S/C16H23NO4S/c1-10-9-22-15(19)17(10)7-6-12(18)21-14-11-5-4-8-20-13(11)16(14,2)3/h9,11,13-14H,4-8H2,1-3H3/t11-,13+,14+/m0/s1. The minimum atomic E-state index is -0.223. The van der Waals surface area contributed by atoms with Crippen molar-refractivity contribution in [3.05, 3.63) is 20.7 Å². The summed E-state index contributed by atoms with van der Waals surface area (Å²) < 4.78 is 13.2. The molecule has 0 aromatic carbocycles. The molecule has 1 aromatic rings. The second-order valence-corrected chi connectivity index (χ2v) is 7.69. The Morgan fingerprint density at radius 3 is 3.00 bits per heavy atom. The number of hydrogen-bond acceptors (Lipinski definition) is 5. The van der Waals surface area contributed by atoms with Gasteiger partial charge in [-0.1, -0.05) is 25.2 Å². The van der Waals surface area contributed by atoms with Crippen LogP contribution in [0.4, 0.5) is 0 Å². The lowest BCUT2D eigenvalue weighted by molar-refractivity contribution is -0.254. The van der Waals surface area contributed by atoms with Crippen LogP contribution < -0.4 is 4.87 Å². The molecule has 2 aliphatic rings. The Balaban J connectivity index is 1.57. The van der Waals surface area contributed by atoms with Gasteiger partial charge in [0.2, 0.25) is 0 Å². The van der Waals surface area contributed by atoms with Crippen molar-refractivity contribution in [1.29, 1.82) is 0 Å². The maximum absolute atomic E-state index is 12.2. The summed E-state index contributed by atoms with van der Waals surface area (Å²) >= 11 is 1.17. The van der Waals surface area contributed by atoms with Crippen LogP contribution in [-0.4, -0.2) is 29.4 Å². The average Bonchev–Trinajstić information content (AvgIpc) is 2.81. The molecule has 2 fully saturated rings. The van der Waals surface area contributed by atoms with Crippen molar-refractivity contribution in [2.75, 3.05) is 6.61 Å². The molecule has 1 aliphatic carbocycles. The van der Waals surface area contributed by atoms with E-state index in [0.29, 0.717) is 12.5 Å². The molecular weight excluding hydrogens is 302 g/mol. The lowest BCUT2D eigenvalue weighted by atomic mass is 9.57. The average molecular weight is 325 g/mol. The first-order valence-corrected chi connectivity index (χ1v) is 8.75. The Kier molecular flexibility index (Phi) is 4.16. The summed E-state index contributed by atoms with van der Waals surface area (Å²) in [5.41, 5.74) is 0.781. The Morgan fingerprint density at radius 1 is 1.55 bits per heavy atom. The minimum absolute atomic E-state index is 0.0185. The van der Waals surface area contributed by atoms with Crippen molar-refractivity contribution in [3.63, 3.8) is 0 Å². The molecule has 1 saturated carbocycles. The highest BCUT2D eigenvalue weighted by Crippen LogP contribution is 2.52. The summed E-state index contributed by atoms with van der Waals surface area (Å²) in [6.07, 6.45) is 2.48. The van der Waals surface area contributed by atoms with E-state index >= 15 is 0 Å². The summed E-state index contributed by atoms with van der Waals surface area (Å²) in [6, 6.07) is 0. The smallest absolute Gasteiger partial charge is 0.307 e. The summed E-state index contributed by atoms with van der Waals surface area (Å²) in [4.78, 5) is 23.8. The number of ether oxygens (including phenoxy) is 2. The molecule has 3 rings (SSSR count). The molecular formula is C16H23NO4S. The molecule has 22 heavy (non-hydrogen) atoms. The van der Waals surface area contributed by atoms with Crippen molar-refractivity contribution >= 4 is 17.3 Å². The van der Waals surface area contributed by atoms with E-state index in [9.17, 15) is 9.59 Å². The molecule has 1 saturated heterocycles. The number of carbonyl (C=O) groups is 1. The van der Waals surface area contributed by atoms with Gasteiger partial charge >= 0.3 is 10.8 Å². The molecule has 0 unspecified atom stereocenters. The van der Waals surface area contributed by atoms with E-state index in [1.54, 1.807) is 4.57 Å². The second kappa shape index (κ2) is 5.81. The van der Waals surface area contributed by atoms with Gasteiger partial charge < -0.3 is 14.0 Å². The van der Waals surface area contributed by atoms with Gasteiger partial charge in [0.05, 0.1) is 12.5 Å². The molecule has 0 radical (unpaired) electrons. The van der Waals surface area contributed by atoms with Crippen LogP contribution in [-0.2, 0) is 20.8 Å². The molecule has 0 N–H and O–H groups in total. The van der Waals surface area contributed by atoms with Gasteiger partial charge in [0, 0.05) is 35.6 Å². The van der Waals surface area contributed by atoms with Crippen LogP contribution >= 0.6 is 11.3 Å². The summed E-state index contributed by atoms with van der Waals surface area (Å²) in [5, 5.41) is 1.81. The summed E-state index contributed by atoms with van der Waals surface area (Å²) in [6.45, 7) is 7.29. The normalized spacial score (nSPS) is 29.5. The molecule has 2 heterocycles. The third-order valence-electron chi connectivity index (χ3n) is 5.00. The molecule has 5 nitrogen and oxygen atoms in total. The first kappa shape index (κ1) is 15.7. The number of nitrogens with zero attached hydrogens (tertiary/aromatic N) is 1. The lowest BCUT2D eigenvalue weighted by Crippen LogP contribution is -2.65. The third kappa shape index (κ3) is 2.63. The first-order chi connectivity index (χ1) is 10.4. The van der Waals surface area contributed by atoms with E-state index in [-0.39, 0.29) is 34.9 Å². The zero-order chi connectivity index (χ0) is 15.9. The van der Waals surface area contributed by atoms with E-state index in [1.807, 2.05) is 12.3 Å². The summed E-state index contributed by atoms with van der Waals surface area (Å²) in [5.74, 6) is 0.109. The van der Waals surface area contributed by atoms with Crippen LogP contribution in [0.3, 0.4) is 0 Å². The molecule has 0 amide bonds. The Hall–Kier alpha value is -1.14. The van der Waals surface area contributed by atoms with Gasteiger partial charge in [0.15, 0.2) is 0 Å². The van der Waals surface area contributed by atoms with Crippen LogP contribution in [0, 0.1) is 18.3 Å². The van der Waals surface area contributed by atoms with E-state index in [2.05, 4.69) is 13.8 Å². The van der Waals surface area contributed by atoms with Crippen molar-refractivity contribution in [1.82, 2.24) is 4.57 Å². The first-order valence-electron chi connectivity index (χ1n) is 7.87. The highest BCUT2D eigenvalue weighted by atomic mass is 32.1. The van der Waals surface area contributed by atoms with Crippen LogP contribution in [0.2, 0.25) is 0 Å². The minimum Gasteiger partial charge on any atom is -0.461 e. The predicted octanol–water partition coefficient (Wildman–Crippen LogP) is 2.36. The number of esters is 1. The fraction of sp³-hybridized carbons (Fsp3) is 0.750. The molecule has 6 heteroatoms. The number of hydrogen-bond donors (Lipinski definition) is 0. The van der Waals surface area contributed by atoms with Crippen molar-refractivity contribution in [3.8, 4) is 0 Å². The van der Waals surface area contributed by atoms with E-state index < -0.39 is 0 Å². The Morgan fingerprint density at radius 2 is 2.32 bits per heavy atom. The number of rotatable bonds is 4. The predicted molar refractivity (Wildman–Crippen MR) is 84.1 cm³/mol. The van der Waals surface area contributed by atoms with Crippen molar-refractivity contribution in [2.24, 2.45) is 11.3 Å². The lowest BCUT2D eigenvalue weighted by Gasteiger charge is -2.58. The van der Waals surface area contributed by atoms with Crippen LogP contribution in [0.25, 0.3) is 0 Å². The monoisotopic (exact) mass is 325 g/mol. The van der Waals surface area contributed by atoms with Gasteiger partial charge in [-0.25, -0.2) is 0 Å². The quantitative estimate of drug-likeness (QED) is 0.798. The fourth-order valence-corrected chi connectivity index (χ4v) is 4.55. The van der Waals surface area contributed by atoms with Gasteiger partial charge in [0.1, 0.15) is 6.10 Å². The molecule has 122 valence electrons. The van der Waals surface area contributed by atoms with E-state index in [1.165, 1.54) is 11.3 Å². The number of thiazole rings is 1. The second-order valence-electron chi connectivity index (χ2n) is 6.87. The maximum Gasteiger partial charge on any atom is 0.307 e.